The summed E-state index contributed by atoms with van der Waals surface area (Å²) in [4.78, 5) is 0. The zero-order valence-electron chi connectivity index (χ0n) is 12.6. The molecule has 2 nitrogen and oxygen atoms in total. The van der Waals surface area contributed by atoms with Crippen LogP contribution in [-0.4, -0.2) is 12.6 Å². The molecule has 2 aromatic rings. The maximum absolute atomic E-state index is 5.89. The van der Waals surface area contributed by atoms with E-state index >= 15 is 0 Å². The molecule has 2 rings (SSSR count). The third-order valence-corrected chi connectivity index (χ3v) is 3.13. The fourth-order valence-electron chi connectivity index (χ4n) is 2.20. The van der Waals surface area contributed by atoms with Crippen molar-refractivity contribution < 1.29 is 4.74 Å². The third-order valence-electron chi connectivity index (χ3n) is 3.13. The van der Waals surface area contributed by atoms with E-state index in [0.29, 0.717) is 6.61 Å². The van der Waals surface area contributed by atoms with Crippen LogP contribution in [0, 0.1) is 18.8 Å². The minimum absolute atomic E-state index is 0.115. The molecule has 2 heteroatoms. The summed E-state index contributed by atoms with van der Waals surface area (Å²) in [7, 11) is 0. The highest BCUT2D eigenvalue weighted by Crippen LogP contribution is 2.24. The second-order valence-electron chi connectivity index (χ2n) is 5.20. The van der Waals surface area contributed by atoms with Crippen molar-refractivity contribution in [2.24, 2.45) is 5.73 Å². The molecule has 108 valence electrons. The molecule has 0 aliphatic carbocycles. The van der Waals surface area contributed by atoms with Gasteiger partial charge in [-0.05, 0) is 43.5 Å². The topological polar surface area (TPSA) is 35.2 Å². The second kappa shape index (κ2) is 7.52. The first-order chi connectivity index (χ1) is 10.2. The minimum atomic E-state index is 0.115. The zero-order chi connectivity index (χ0) is 15.1. The minimum Gasteiger partial charge on any atom is -0.480 e. The first kappa shape index (κ1) is 15.2. The number of para-hydroxylation sites is 1. The van der Waals surface area contributed by atoms with Gasteiger partial charge in [-0.2, -0.15) is 0 Å². The Kier molecular flexibility index (Phi) is 5.43. The van der Waals surface area contributed by atoms with Crippen molar-refractivity contribution in [2.75, 3.05) is 6.61 Å². The Morgan fingerprint density at radius 3 is 2.57 bits per heavy atom. The standard InChI is InChI=1S/C19H21NO/c1-15-8-6-12-18(14-16(2)20)19(15)21-13-7-11-17-9-4-3-5-10-17/h3-6,8-10,12,16H,13-14,20H2,1-2H3. The predicted octanol–water partition coefficient (Wildman–Crippen LogP) is 3.32. The molecule has 1 atom stereocenters. The maximum atomic E-state index is 5.89. The first-order valence-corrected chi connectivity index (χ1v) is 7.17. The fourth-order valence-corrected chi connectivity index (χ4v) is 2.20. The summed E-state index contributed by atoms with van der Waals surface area (Å²) in [5.74, 6) is 7.06. The largest absolute Gasteiger partial charge is 0.480 e. The van der Waals surface area contributed by atoms with Crippen LogP contribution in [0.1, 0.15) is 23.6 Å². The second-order valence-corrected chi connectivity index (χ2v) is 5.20. The summed E-state index contributed by atoms with van der Waals surface area (Å²) < 4.78 is 5.86. The van der Waals surface area contributed by atoms with Gasteiger partial charge in [0.15, 0.2) is 0 Å². The summed E-state index contributed by atoms with van der Waals surface area (Å²) in [5.41, 5.74) is 9.16. The van der Waals surface area contributed by atoms with Gasteiger partial charge in [-0.1, -0.05) is 48.2 Å². The number of hydrogen-bond donors (Lipinski definition) is 1. The van der Waals surface area contributed by atoms with Gasteiger partial charge in [0.1, 0.15) is 12.4 Å². The van der Waals surface area contributed by atoms with Crippen LogP contribution >= 0.6 is 0 Å². The predicted molar refractivity (Wildman–Crippen MR) is 87.3 cm³/mol. The van der Waals surface area contributed by atoms with Crippen molar-refractivity contribution in [1.29, 1.82) is 0 Å². The van der Waals surface area contributed by atoms with E-state index < -0.39 is 0 Å². The number of nitrogens with two attached hydrogens (primary N) is 1. The molecule has 0 aliphatic rings. The maximum Gasteiger partial charge on any atom is 0.149 e. The summed E-state index contributed by atoms with van der Waals surface area (Å²) in [6, 6.07) is 16.2. The third kappa shape index (κ3) is 4.66. The molecule has 0 amide bonds. The normalized spacial score (nSPS) is 11.4. The van der Waals surface area contributed by atoms with Crippen LogP contribution in [0.25, 0.3) is 0 Å². The van der Waals surface area contributed by atoms with Gasteiger partial charge in [0.25, 0.3) is 0 Å². The monoisotopic (exact) mass is 279 g/mol. The molecule has 21 heavy (non-hydrogen) atoms. The number of ether oxygens (including phenoxy) is 1. The van der Waals surface area contributed by atoms with Gasteiger partial charge < -0.3 is 10.5 Å². The SMILES string of the molecule is Cc1cccc(CC(C)N)c1OCC#Cc1ccccc1. The lowest BCUT2D eigenvalue weighted by Crippen LogP contribution is -2.18. The molecule has 0 saturated heterocycles. The van der Waals surface area contributed by atoms with Crippen LogP contribution in [0.5, 0.6) is 5.75 Å². The fraction of sp³-hybridized carbons (Fsp3) is 0.263. The van der Waals surface area contributed by atoms with Crippen molar-refractivity contribution in [3.8, 4) is 17.6 Å². The summed E-state index contributed by atoms with van der Waals surface area (Å²) in [6.45, 7) is 4.43. The van der Waals surface area contributed by atoms with E-state index in [-0.39, 0.29) is 6.04 Å². The van der Waals surface area contributed by atoms with Crippen LogP contribution in [0.3, 0.4) is 0 Å². The van der Waals surface area contributed by atoms with Crippen molar-refractivity contribution in [3.05, 3.63) is 65.2 Å². The zero-order valence-corrected chi connectivity index (χ0v) is 12.6. The lowest BCUT2D eigenvalue weighted by molar-refractivity contribution is 0.362. The molecule has 0 heterocycles. The van der Waals surface area contributed by atoms with E-state index in [4.69, 9.17) is 10.5 Å². The van der Waals surface area contributed by atoms with E-state index in [1.54, 1.807) is 0 Å². The molecule has 2 aromatic carbocycles. The van der Waals surface area contributed by atoms with Crippen LogP contribution < -0.4 is 10.5 Å². The molecule has 0 fully saturated rings. The van der Waals surface area contributed by atoms with Crippen molar-refractivity contribution in [1.82, 2.24) is 0 Å². The van der Waals surface area contributed by atoms with Gasteiger partial charge in [0.05, 0.1) is 0 Å². The number of hydrogen-bond acceptors (Lipinski definition) is 2. The van der Waals surface area contributed by atoms with E-state index in [2.05, 4.69) is 17.9 Å². The van der Waals surface area contributed by atoms with E-state index in [1.165, 1.54) is 0 Å². The Bertz CT molecular complexity index is 636. The lowest BCUT2D eigenvalue weighted by Gasteiger charge is -2.14. The average Bonchev–Trinajstić information content (AvgIpc) is 2.46. The Balaban J connectivity index is 2.05. The van der Waals surface area contributed by atoms with Gasteiger partial charge in [0, 0.05) is 11.6 Å². The number of rotatable bonds is 4. The Morgan fingerprint density at radius 2 is 1.86 bits per heavy atom. The lowest BCUT2D eigenvalue weighted by atomic mass is 10.0. The van der Waals surface area contributed by atoms with Crippen LogP contribution in [0.15, 0.2) is 48.5 Å². The van der Waals surface area contributed by atoms with Gasteiger partial charge in [-0.25, -0.2) is 0 Å². The van der Waals surface area contributed by atoms with E-state index in [1.807, 2.05) is 56.3 Å². The molecular weight excluding hydrogens is 258 g/mol. The summed E-state index contributed by atoms with van der Waals surface area (Å²) >= 11 is 0. The first-order valence-electron chi connectivity index (χ1n) is 7.17. The summed E-state index contributed by atoms with van der Waals surface area (Å²) in [6.07, 6.45) is 0.809. The Morgan fingerprint density at radius 1 is 1.10 bits per heavy atom. The molecule has 0 bridgehead atoms. The smallest absolute Gasteiger partial charge is 0.149 e. The highest BCUT2D eigenvalue weighted by molar-refractivity contribution is 5.41. The molecule has 0 radical (unpaired) electrons. The molecule has 0 spiro atoms. The molecule has 2 N–H and O–H groups in total. The van der Waals surface area contributed by atoms with E-state index in [9.17, 15) is 0 Å². The van der Waals surface area contributed by atoms with Crippen LogP contribution in [0.2, 0.25) is 0 Å². The number of aryl methyl sites for hydroxylation is 1. The molecule has 0 saturated carbocycles. The highest BCUT2D eigenvalue weighted by atomic mass is 16.5. The highest BCUT2D eigenvalue weighted by Gasteiger charge is 2.08. The summed E-state index contributed by atoms with van der Waals surface area (Å²) in [5, 5.41) is 0. The quantitative estimate of drug-likeness (QED) is 0.871. The number of benzene rings is 2. The molecule has 1 unspecified atom stereocenters. The van der Waals surface area contributed by atoms with Crippen molar-refractivity contribution in [2.45, 2.75) is 26.3 Å². The van der Waals surface area contributed by atoms with Crippen molar-refractivity contribution >= 4 is 0 Å². The van der Waals surface area contributed by atoms with E-state index in [0.717, 1.165) is 28.9 Å². The Labute approximate surface area is 126 Å². The van der Waals surface area contributed by atoms with Gasteiger partial charge >= 0.3 is 0 Å². The van der Waals surface area contributed by atoms with Gasteiger partial charge in [-0.3, -0.25) is 0 Å². The average molecular weight is 279 g/mol. The molecular formula is C19H21NO. The van der Waals surface area contributed by atoms with Crippen molar-refractivity contribution in [3.63, 3.8) is 0 Å². The van der Waals surface area contributed by atoms with Gasteiger partial charge in [0.2, 0.25) is 0 Å². The molecule has 0 aliphatic heterocycles. The van der Waals surface area contributed by atoms with Crippen LogP contribution in [-0.2, 0) is 6.42 Å². The van der Waals surface area contributed by atoms with Gasteiger partial charge in [-0.15, -0.1) is 0 Å². The van der Waals surface area contributed by atoms with Crippen LogP contribution in [0.4, 0.5) is 0 Å². The molecule has 0 aromatic heterocycles. The Hall–Kier alpha value is -2.24.